The van der Waals surface area contributed by atoms with Crippen molar-refractivity contribution in [3.8, 4) is 0 Å². The fourth-order valence-electron chi connectivity index (χ4n) is 3.84. The van der Waals surface area contributed by atoms with Crippen LogP contribution in [0.15, 0.2) is 33.5 Å². The molecular weight excluding hydrogens is 420 g/mol. The maximum atomic E-state index is 12.8. The molecule has 1 aromatic carbocycles. The number of nitrogens with zero attached hydrogens (tertiary/aromatic N) is 2. The summed E-state index contributed by atoms with van der Waals surface area (Å²) in [5.74, 6) is -0.241. The van der Waals surface area contributed by atoms with E-state index >= 15 is 0 Å². The van der Waals surface area contributed by atoms with E-state index in [1.807, 2.05) is 58.8 Å². The van der Waals surface area contributed by atoms with Crippen LogP contribution in [0.4, 0.5) is 5.69 Å². The Morgan fingerprint density at radius 3 is 2.21 bits per heavy atom. The third-order valence-corrected chi connectivity index (χ3v) is 5.79. The Morgan fingerprint density at radius 2 is 1.64 bits per heavy atom. The molecular formula is C26H36N2O5. The number of likely N-dealkylation sites (N-methyl/N-ethyl adjacent to an activating group) is 1. The molecule has 0 spiro atoms. The number of hydrogen-bond donors (Lipinski definition) is 0. The van der Waals surface area contributed by atoms with E-state index in [0.717, 1.165) is 5.69 Å². The highest BCUT2D eigenvalue weighted by Crippen LogP contribution is 2.23. The van der Waals surface area contributed by atoms with E-state index in [1.165, 1.54) is 11.0 Å². The highest BCUT2D eigenvalue weighted by Gasteiger charge is 2.29. The third-order valence-electron chi connectivity index (χ3n) is 5.79. The zero-order chi connectivity index (χ0) is 24.9. The first-order valence-electron chi connectivity index (χ1n) is 11.5. The van der Waals surface area contributed by atoms with Gasteiger partial charge in [0.25, 0.3) is 0 Å². The van der Waals surface area contributed by atoms with Gasteiger partial charge in [0.1, 0.15) is 11.4 Å². The summed E-state index contributed by atoms with van der Waals surface area (Å²) in [5.41, 5.74) is 1.39. The van der Waals surface area contributed by atoms with Gasteiger partial charge in [-0.2, -0.15) is 0 Å². The lowest BCUT2D eigenvalue weighted by atomic mass is 9.93. The van der Waals surface area contributed by atoms with Gasteiger partial charge in [-0.15, -0.1) is 0 Å². The average Bonchev–Trinajstić information content (AvgIpc) is 2.73. The van der Waals surface area contributed by atoms with Gasteiger partial charge in [0.15, 0.2) is 5.78 Å². The SMILES string of the molecule is CC(C)C[C@H](C(=O)C(C)C)N(C)C(=O)CCC(=O)Cc1cc(=O)oc2cc(N(C)C)ccc12. The van der Waals surface area contributed by atoms with Crippen LogP contribution in [0.3, 0.4) is 0 Å². The molecule has 1 heterocycles. The number of fused-ring (bicyclic) bond motifs is 1. The number of anilines is 1. The Hall–Kier alpha value is -2.96. The predicted octanol–water partition coefficient (Wildman–Crippen LogP) is 3.85. The highest BCUT2D eigenvalue weighted by atomic mass is 16.4. The lowest BCUT2D eigenvalue weighted by Gasteiger charge is -2.29. The molecule has 33 heavy (non-hydrogen) atoms. The van der Waals surface area contributed by atoms with E-state index in [-0.39, 0.29) is 48.6 Å². The van der Waals surface area contributed by atoms with Gasteiger partial charge in [-0.3, -0.25) is 14.4 Å². The van der Waals surface area contributed by atoms with Crippen LogP contribution in [0.2, 0.25) is 0 Å². The van der Waals surface area contributed by atoms with Crippen LogP contribution in [0.25, 0.3) is 11.0 Å². The van der Waals surface area contributed by atoms with Crippen molar-refractivity contribution in [3.05, 3.63) is 40.2 Å². The summed E-state index contributed by atoms with van der Waals surface area (Å²) in [5, 5.41) is 0.705. The van der Waals surface area contributed by atoms with Crippen LogP contribution in [0.5, 0.6) is 0 Å². The number of rotatable bonds is 11. The molecule has 0 aliphatic heterocycles. The highest BCUT2D eigenvalue weighted by molar-refractivity contribution is 5.93. The van der Waals surface area contributed by atoms with Gasteiger partial charge < -0.3 is 14.2 Å². The van der Waals surface area contributed by atoms with Crippen LogP contribution in [0.1, 0.15) is 52.5 Å². The molecule has 0 aliphatic rings. The summed E-state index contributed by atoms with van der Waals surface area (Å²) in [6.45, 7) is 7.70. The average molecular weight is 457 g/mol. The summed E-state index contributed by atoms with van der Waals surface area (Å²) in [4.78, 5) is 53.5. The molecule has 0 bridgehead atoms. The van der Waals surface area contributed by atoms with Crippen molar-refractivity contribution in [2.45, 2.75) is 59.4 Å². The molecule has 1 atom stereocenters. The van der Waals surface area contributed by atoms with Gasteiger partial charge in [0.05, 0.1) is 6.04 Å². The first-order valence-corrected chi connectivity index (χ1v) is 11.5. The molecule has 1 amide bonds. The Bertz CT molecular complexity index is 1070. The molecule has 1 aromatic heterocycles. The fraction of sp³-hybridized carbons (Fsp3) is 0.538. The summed E-state index contributed by atoms with van der Waals surface area (Å²) >= 11 is 0. The minimum Gasteiger partial charge on any atom is -0.423 e. The van der Waals surface area contributed by atoms with Crippen molar-refractivity contribution >= 4 is 34.1 Å². The maximum absolute atomic E-state index is 12.8. The minimum atomic E-state index is -0.513. The van der Waals surface area contributed by atoms with E-state index in [4.69, 9.17) is 4.42 Å². The number of carbonyl (C=O) groups is 3. The second-order valence-electron chi connectivity index (χ2n) is 9.59. The van der Waals surface area contributed by atoms with E-state index in [2.05, 4.69) is 0 Å². The van der Waals surface area contributed by atoms with Crippen LogP contribution >= 0.6 is 0 Å². The Labute approximate surface area is 195 Å². The van der Waals surface area contributed by atoms with Crippen molar-refractivity contribution in [2.24, 2.45) is 11.8 Å². The molecule has 0 saturated carbocycles. The van der Waals surface area contributed by atoms with Gasteiger partial charge in [-0.05, 0) is 30.0 Å². The molecule has 2 aromatic rings. The maximum Gasteiger partial charge on any atom is 0.336 e. The molecule has 7 nitrogen and oxygen atoms in total. The van der Waals surface area contributed by atoms with Gasteiger partial charge in [-0.1, -0.05) is 27.7 Å². The molecule has 0 N–H and O–H groups in total. The number of Topliss-reactive ketones (excluding diaryl/α,β-unsaturated/α-hetero) is 2. The zero-order valence-corrected chi connectivity index (χ0v) is 20.8. The molecule has 7 heteroatoms. The minimum absolute atomic E-state index is 0.0272. The van der Waals surface area contributed by atoms with Gasteiger partial charge in [-0.25, -0.2) is 4.79 Å². The third kappa shape index (κ3) is 7.01. The summed E-state index contributed by atoms with van der Waals surface area (Å²) in [6, 6.07) is 6.35. The van der Waals surface area contributed by atoms with E-state index in [1.54, 1.807) is 13.1 Å². The van der Waals surface area contributed by atoms with E-state index in [0.29, 0.717) is 23.0 Å². The quantitative estimate of drug-likeness (QED) is 0.477. The van der Waals surface area contributed by atoms with Gasteiger partial charge in [0.2, 0.25) is 5.91 Å². The first kappa shape index (κ1) is 26.3. The van der Waals surface area contributed by atoms with E-state index < -0.39 is 11.7 Å². The van der Waals surface area contributed by atoms with Crippen molar-refractivity contribution in [3.63, 3.8) is 0 Å². The molecule has 2 rings (SSSR count). The second-order valence-corrected chi connectivity index (χ2v) is 9.59. The summed E-state index contributed by atoms with van der Waals surface area (Å²) in [6.07, 6.45) is 0.707. The zero-order valence-electron chi connectivity index (χ0n) is 20.8. The van der Waals surface area contributed by atoms with Gasteiger partial charge >= 0.3 is 5.63 Å². The molecule has 0 radical (unpaired) electrons. The molecule has 0 aliphatic carbocycles. The molecule has 0 unspecified atom stereocenters. The molecule has 0 saturated heterocycles. The predicted molar refractivity (Wildman–Crippen MR) is 131 cm³/mol. The normalized spacial score (nSPS) is 12.3. The number of benzene rings is 1. The number of amides is 1. The first-order chi connectivity index (χ1) is 15.4. The monoisotopic (exact) mass is 456 g/mol. The Kier molecular flexibility index (Phi) is 8.97. The molecule has 180 valence electrons. The summed E-state index contributed by atoms with van der Waals surface area (Å²) in [7, 11) is 5.42. The standard InChI is InChI=1S/C26H36N2O5/c1-16(2)12-22(26(32)17(3)4)28(7)24(30)11-9-20(29)13-18-14-25(31)33-23-15-19(27(5)6)8-10-21(18)23/h8,10,14-17,22H,9,11-13H2,1-7H3/t22-/m1/s1. The Morgan fingerprint density at radius 1 is 0.970 bits per heavy atom. The lowest BCUT2D eigenvalue weighted by molar-refractivity contribution is -0.140. The fourth-order valence-corrected chi connectivity index (χ4v) is 3.84. The topological polar surface area (TPSA) is 87.9 Å². The second kappa shape index (κ2) is 11.3. The van der Waals surface area contributed by atoms with Crippen molar-refractivity contribution in [1.29, 1.82) is 0 Å². The van der Waals surface area contributed by atoms with E-state index in [9.17, 15) is 19.2 Å². The molecule has 0 fully saturated rings. The number of carbonyl (C=O) groups excluding carboxylic acids is 3. The lowest BCUT2D eigenvalue weighted by Crippen LogP contribution is -2.45. The summed E-state index contributed by atoms with van der Waals surface area (Å²) < 4.78 is 5.32. The van der Waals surface area contributed by atoms with Gasteiger partial charge in [0, 0.05) is 69.5 Å². The van der Waals surface area contributed by atoms with Crippen LogP contribution in [0, 0.1) is 11.8 Å². The van der Waals surface area contributed by atoms with Crippen molar-refractivity contribution in [2.75, 3.05) is 26.0 Å². The van der Waals surface area contributed by atoms with Crippen molar-refractivity contribution in [1.82, 2.24) is 4.90 Å². The van der Waals surface area contributed by atoms with Crippen LogP contribution in [-0.4, -0.2) is 49.6 Å². The van der Waals surface area contributed by atoms with Crippen LogP contribution in [-0.2, 0) is 20.8 Å². The number of ketones is 2. The largest absolute Gasteiger partial charge is 0.423 e. The van der Waals surface area contributed by atoms with Crippen molar-refractivity contribution < 1.29 is 18.8 Å². The Balaban J connectivity index is 2.10. The smallest absolute Gasteiger partial charge is 0.336 e. The number of hydrogen-bond acceptors (Lipinski definition) is 6. The van der Waals surface area contributed by atoms with Crippen LogP contribution < -0.4 is 10.5 Å².